The minimum absolute atomic E-state index is 0.00315. The Kier molecular flexibility index (Phi) is 6.68. The first kappa shape index (κ1) is 21.4. The number of amidine groups is 1. The summed E-state index contributed by atoms with van der Waals surface area (Å²) in [5, 5.41) is 9.44. The molecular weight excluding hydrogens is 408 g/mol. The van der Waals surface area contributed by atoms with Crippen LogP contribution in [0.1, 0.15) is 43.9 Å². The molecule has 8 nitrogen and oxygen atoms in total. The number of nitrogens with zero attached hydrogens (tertiary/aromatic N) is 1. The number of nitrogens with two attached hydrogens (primary N) is 3. The van der Waals surface area contributed by atoms with E-state index in [0.717, 1.165) is 35.1 Å². The second-order valence-electron chi connectivity index (χ2n) is 7.25. The van der Waals surface area contributed by atoms with Gasteiger partial charge in [-0.25, -0.2) is 11.4 Å². The molecule has 2 aromatic rings. The number of hydrazine groups is 1. The van der Waals surface area contributed by atoms with Crippen molar-refractivity contribution in [2.75, 3.05) is 6.54 Å². The van der Waals surface area contributed by atoms with Crippen molar-refractivity contribution in [2.24, 2.45) is 22.4 Å². The Morgan fingerprint density at radius 2 is 2.14 bits per heavy atom. The van der Waals surface area contributed by atoms with Crippen LogP contribution in [0.25, 0.3) is 0 Å². The van der Waals surface area contributed by atoms with E-state index in [-0.39, 0.29) is 12.6 Å². The molecule has 156 valence electrons. The molecule has 0 spiro atoms. The summed E-state index contributed by atoms with van der Waals surface area (Å²) in [6, 6.07) is 3.97. The second kappa shape index (κ2) is 9.04. The first-order valence-corrected chi connectivity index (χ1v) is 11.1. The molecule has 2 heterocycles. The third-order valence-electron chi connectivity index (χ3n) is 5.35. The lowest BCUT2D eigenvalue weighted by Crippen LogP contribution is -2.49. The van der Waals surface area contributed by atoms with Gasteiger partial charge in [-0.15, -0.1) is 22.7 Å². The summed E-state index contributed by atoms with van der Waals surface area (Å²) in [6.07, 6.45) is 3.72. The van der Waals surface area contributed by atoms with Crippen LogP contribution in [-0.4, -0.2) is 30.6 Å². The van der Waals surface area contributed by atoms with Crippen LogP contribution < -0.4 is 28.2 Å². The minimum Gasteiger partial charge on any atom is -0.385 e. The maximum atomic E-state index is 11.8. The molecule has 2 aromatic heterocycles. The van der Waals surface area contributed by atoms with Gasteiger partial charge in [-0.2, -0.15) is 5.10 Å². The monoisotopic (exact) mass is 434 g/mol. The standard InChI is InChI=1S/C19H26N6O2S2/c1-11(23-5-6-26)9-19(18(21)24-25-22)10-12-8-16(17(20)27)29-14(12)2-3-15-13(19)4-7-28-15/h4,6-8,11,23,25H,2-3,5,9-10,22H2,1H3,(H2,20,27)(H2,21,24)/t11-,19?/m1/s1. The van der Waals surface area contributed by atoms with E-state index in [1.165, 1.54) is 16.2 Å². The number of aryl methyl sites for hydroxylation is 2. The van der Waals surface area contributed by atoms with Gasteiger partial charge in [0.15, 0.2) is 0 Å². The molecule has 0 radical (unpaired) electrons. The lowest BCUT2D eigenvalue weighted by molar-refractivity contribution is -0.107. The molecule has 29 heavy (non-hydrogen) atoms. The molecule has 0 bridgehead atoms. The van der Waals surface area contributed by atoms with Gasteiger partial charge in [0, 0.05) is 15.8 Å². The summed E-state index contributed by atoms with van der Waals surface area (Å²) in [4.78, 5) is 25.5. The van der Waals surface area contributed by atoms with Crippen LogP contribution in [-0.2, 0) is 29.5 Å². The van der Waals surface area contributed by atoms with E-state index < -0.39 is 11.3 Å². The lowest BCUT2D eigenvalue weighted by Gasteiger charge is -2.37. The predicted molar refractivity (Wildman–Crippen MR) is 117 cm³/mol. The van der Waals surface area contributed by atoms with Crippen LogP contribution in [0.3, 0.4) is 0 Å². The summed E-state index contributed by atoms with van der Waals surface area (Å²) in [6.45, 7) is 2.28. The lowest BCUT2D eigenvalue weighted by atomic mass is 9.69. The Hall–Kier alpha value is -2.27. The van der Waals surface area contributed by atoms with Gasteiger partial charge in [0.2, 0.25) is 0 Å². The van der Waals surface area contributed by atoms with Crippen molar-refractivity contribution in [2.45, 2.75) is 44.1 Å². The van der Waals surface area contributed by atoms with E-state index in [2.05, 4.69) is 27.4 Å². The molecule has 1 unspecified atom stereocenters. The maximum absolute atomic E-state index is 11.8. The molecule has 0 saturated heterocycles. The molecule has 8 N–H and O–H groups in total. The number of amides is 1. The van der Waals surface area contributed by atoms with E-state index in [9.17, 15) is 9.59 Å². The van der Waals surface area contributed by atoms with Crippen molar-refractivity contribution in [1.29, 1.82) is 0 Å². The number of rotatable bonds is 8. The number of fused-ring (bicyclic) bond motifs is 2. The number of aldehydes is 1. The van der Waals surface area contributed by atoms with E-state index in [1.807, 2.05) is 13.0 Å². The average Bonchev–Trinajstić information content (AvgIpc) is 3.30. The van der Waals surface area contributed by atoms with Gasteiger partial charge in [0.1, 0.15) is 12.1 Å². The second-order valence-corrected chi connectivity index (χ2v) is 9.38. The predicted octanol–water partition coefficient (Wildman–Crippen LogP) is 0.790. The number of thiophene rings is 2. The first-order valence-electron chi connectivity index (χ1n) is 9.35. The molecule has 2 atom stereocenters. The van der Waals surface area contributed by atoms with Crippen LogP contribution >= 0.6 is 22.7 Å². The molecule has 0 aromatic carbocycles. The number of carbonyl (C=O) groups is 2. The van der Waals surface area contributed by atoms with E-state index >= 15 is 0 Å². The molecule has 10 heteroatoms. The van der Waals surface area contributed by atoms with Crippen molar-refractivity contribution >= 4 is 40.7 Å². The summed E-state index contributed by atoms with van der Waals surface area (Å²) in [5.41, 5.74) is 15.9. The largest absolute Gasteiger partial charge is 0.385 e. The summed E-state index contributed by atoms with van der Waals surface area (Å²) in [5.74, 6) is 5.43. The fraction of sp³-hybridized carbons (Fsp3) is 0.421. The highest BCUT2D eigenvalue weighted by molar-refractivity contribution is 7.14. The van der Waals surface area contributed by atoms with Crippen molar-refractivity contribution in [3.05, 3.63) is 43.3 Å². The Morgan fingerprint density at radius 1 is 1.38 bits per heavy atom. The number of hydrazone groups is 1. The van der Waals surface area contributed by atoms with Crippen LogP contribution in [0.2, 0.25) is 0 Å². The quantitative estimate of drug-likeness (QED) is 0.136. The Balaban J connectivity index is 2.14. The van der Waals surface area contributed by atoms with Crippen molar-refractivity contribution in [3.63, 3.8) is 0 Å². The normalized spacial score (nSPS) is 20.1. The van der Waals surface area contributed by atoms with Crippen LogP contribution in [0.5, 0.6) is 0 Å². The molecule has 0 fully saturated rings. The number of hydrogen-bond acceptors (Lipinski definition) is 8. The van der Waals surface area contributed by atoms with Gasteiger partial charge in [-0.05, 0) is 61.2 Å². The topological polar surface area (TPSA) is 149 Å². The third kappa shape index (κ3) is 4.35. The van der Waals surface area contributed by atoms with Gasteiger partial charge in [-0.3, -0.25) is 4.79 Å². The average molecular weight is 435 g/mol. The van der Waals surface area contributed by atoms with Crippen molar-refractivity contribution in [3.8, 4) is 0 Å². The summed E-state index contributed by atoms with van der Waals surface area (Å²) >= 11 is 3.14. The smallest absolute Gasteiger partial charge is 0.258 e. The number of nitrogens with one attached hydrogen (secondary N) is 2. The van der Waals surface area contributed by atoms with Gasteiger partial charge in [0.25, 0.3) is 5.91 Å². The van der Waals surface area contributed by atoms with Crippen LogP contribution in [0.15, 0.2) is 22.6 Å². The molecule has 0 aliphatic heterocycles. The van der Waals surface area contributed by atoms with E-state index in [4.69, 9.17) is 17.3 Å². The molecule has 0 saturated carbocycles. The molecule has 1 amide bonds. The summed E-state index contributed by atoms with van der Waals surface area (Å²) < 4.78 is 0. The SMILES string of the molecule is C[C@H](CC1(/C(N)=N/NN)Cc2cc(C(N)=O)sc2CCc2sccc21)NCC=O. The highest BCUT2D eigenvalue weighted by Crippen LogP contribution is 2.42. The zero-order valence-electron chi connectivity index (χ0n) is 16.2. The van der Waals surface area contributed by atoms with Gasteiger partial charge < -0.3 is 21.6 Å². The minimum atomic E-state index is -0.637. The van der Waals surface area contributed by atoms with Crippen molar-refractivity contribution in [1.82, 2.24) is 10.9 Å². The van der Waals surface area contributed by atoms with Crippen LogP contribution in [0.4, 0.5) is 0 Å². The van der Waals surface area contributed by atoms with E-state index in [0.29, 0.717) is 23.6 Å². The highest BCUT2D eigenvalue weighted by atomic mass is 32.1. The van der Waals surface area contributed by atoms with Gasteiger partial charge >= 0.3 is 0 Å². The van der Waals surface area contributed by atoms with Crippen molar-refractivity contribution < 1.29 is 9.59 Å². The third-order valence-corrected chi connectivity index (χ3v) is 7.58. The fourth-order valence-corrected chi connectivity index (χ4v) is 6.11. The van der Waals surface area contributed by atoms with Crippen LogP contribution in [0, 0.1) is 0 Å². The van der Waals surface area contributed by atoms with Gasteiger partial charge in [-0.1, -0.05) is 0 Å². The Labute approximate surface area is 177 Å². The maximum Gasteiger partial charge on any atom is 0.258 e. The zero-order chi connectivity index (χ0) is 21.0. The molecule has 1 aliphatic carbocycles. The summed E-state index contributed by atoms with van der Waals surface area (Å²) in [7, 11) is 0. The molecule has 3 rings (SSSR count). The first-order chi connectivity index (χ1) is 13.9. The number of primary amides is 1. The Morgan fingerprint density at radius 3 is 2.83 bits per heavy atom. The number of hydrogen-bond donors (Lipinski definition) is 5. The molecular formula is C19H26N6O2S2. The van der Waals surface area contributed by atoms with E-state index in [1.54, 1.807) is 11.3 Å². The highest BCUT2D eigenvalue weighted by Gasteiger charge is 2.42. The Bertz CT molecular complexity index is 922. The fourth-order valence-electron chi connectivity index (χ4n) is 4.09. The molecule has 1 aliphatic rings. The zero-order valence-corrected chi connectivity index (χ0v) is 17.9. The number of carbonyl (C=O) groups excluding carboxylic acids is 2. The van der Waals surface area contributed by atoms with Gasteiger partial charge in [0.05, 0.1) is 16.8 Å².